The molecule has 196 valence electrons. The van der Waals surface area contributed by atoms with E-state index in [0.29, 0.717) is 0 Å². The Balaban J connectivity index is 5.36. The maximum Gasteiger partial charge on any atom is 0.438 e. The van der Waals surface area contributed by atoms with Crippen LogP contribution in [0.25, 0.3) is 0 Å². The van der Waals surface area contributed by atoms with Gasteiger partial charge in [-0.05, 0) is 12.2 Å². The number of hydrogen-bond donors (Lipinski definition) is 0. The fourth-order valence-electron chi connectivity index (χ4n) is 1.90. The summed E-state index contributed by atoms with van der Waals surface area (Å²) in [5.41, 5.74) is -14.1. The molecule has 0 amide bonds. The molecule has 0 aromatic rings. The first kappa shape index (κ1) is 31.2. The summed E-state index contributed by atoms with van der Waals surface area (Å²) in [6.45, 7) is -3.03. The van der Waals surface area contributed by atoms with Crippen molar-refractivity contribution in [3.05, 3.63) is 24.3 Å². The van der Waals surface area contributed by atoms with Crippen molar-refractivity contribution < 1.29 is 83.8 Å². The van der Waals surface area contributed by atoms with E-state index < -0.39 is 73.3 Å². The van der Waals surface area contributed by atoms with Gasteiger partial charge in [0.15, 0.2) is 0 Å². The first-order valence-electron chi connectivity index (χ1n) is 7.54. The van der Waals surface area contributed by atoms with Crippen molar-refractivity contribution in [2.75, 3.05) is 13.2 Å². The lowest BCUT2D eigenvalue weighted by molar-refractivity contribution is -0.387. The molecule has 19 heteroatoms. The predicted molar refractivity (Wildman–Crippen MR) is 70.9 cm³/mol. The Kier molecular flexibility index (Phi) is 8.59. The first-order chi connectivity index (χ1) is 14.2. The molecule has 0 saturated carbocycles. The number of ether oxygens (including phenoxy) is 1. The summed E-state index contributed by atoms with van der Waals surface area (Å²) < 4.78 is 230. The molecule has 1 nitrogen and oxygen atoms in total. The summed E-state index contributed by atoms with van der Waals surface area (Å²) in [6.07, 6.45) is -32.0. The molecule has 0 aliphatic heterocycles. The molecule has 33 heavy (non-hydrogen) atoms. The van der Waals surface area contributed by atoms with Crippen LogP contribution in [-0.4, -0.2) is 61.1 Å². The zero-order valence-electron chi connectivity index (χ0n) is 14.9. The topological polar surface area (TPSA) is 9.23 Å². The number of rotatable bonds is 8. The van der Waals surface area contributed by atoms with Gasteiger partial charge in [0.05, 0.1) is 13.2 Å². The van der Waals surface area contributed by atoms with Crippen molar-refractivity contribution in [3.63, 3.8) is 0 Å². The van der Waals surface area contributed by atoms with Crippen LogP contribution in [-0.2, 0) is 4.74 Å². The van der Waals surface area contributed by atoms with Crippen molar-refractivity contribution in [2.45, 2.75) is 47.9 Å². The lowest BCUT2D eigenvalue weighted by Gasteiger charge is -2.34. The van der Waals surface area contributed by atoms with Gasteiger partial charge in [-0.25, -0.2) is 8.78 Å². The molecular formula is C14H8F18O. The number of halogens is 18. The van der Waals surface area contributed by atoms with Crippen LogP contribution in [0.1, 0.15) is 0 Å². The largest absolute Gasteiger partial charge is 0.438 e. The minimum absolute atomic E-state index is 0.386. The standard InChI is InChI=1S/C14H8F18O/c15-7(16,9(19,11(21,22)23)12(24,25)26)3-1-5-33-6-2-4-8(17,18)10(20,13(27,28)29)14(30,31)32/h1-4H,5-6H2. The SMILES string of the molecule is FC(F)(F)C(F)(C(F)(F)F)C(F)(F)C=CCOCC=CC(F)(F)C(F)(C(F)(F)F)C(F)(F)F. The van der Waals surface area contributed by atoms with Crippen LogP contribution in [0.5, 0.6) is 0 Å². The highest BCUT2D eigenvalue weighted by Crippen LogP contribution is 2.56. The Labute approximate surface area is 170 Å². The minimum Gasteiger partial charge on any atom is -0.373 e. The van der Waals surface area contributed by atoms with E-state index in [1.54, 1.807) is 0 Å². The highest BCUT2D eigenvalue weighted by atomic mass is 19.4. The third-order valence-corrected chi connectivity index (χ3v) is 3.56. The van der Waals surface area contributed by atoms with Crippen LogP contribution in [0.2, 0.25) is 0 Å². The van der Waals surface area contributed by atoms with Gasteiger partial charge in [0.25, 0.3) is 0 Å². The molecule has 0 aliphatic rings. The van der Waals surface area contributed by atoms with Gasteiger partial charge in [-0.3, -0.25) is 0 Å². The van der Waals surface area contributed by atoms with Gasteiger partial charge in [-0.1, -0.05) is 12.2 Å². The fraction of sp³-hybridized carbons (Fsp3) is 0.714. The summed E-state index contributed by atoms with van der Waals surface area (Å²) in [4.78, 5) is 0. The molecule has 0 atom stereocenters. The second-order valence-electron chi connectivity index (χ2n) is 5.90. The smallest absolute Gasteiger partial charge is 0.373 e. The summed E-state index contributed by atoms with van der Waals surface area (Å²) in [5, 5.41) is 0. The normalized spacial score (nSPS) is 16.3. The quantitative estimate of drug-likeness (QED) is 0.184. The highest BCUT2D eigenvalue weighted by Gasteiger charge is 2.84. The second kappa shape index (κ2) is 9.09. The molecule has 0 fully saturated rings. The van der Waals surface area contributed by atoms with E-state index in [-0.39, 0.29) is 12.2 Å². The maximum absolute atomic E-state index is 13.2. The molecule has 0 bridgehead atoms. The lowest BCUT2D eigenvalue weighted by atomic mass is 9.95. The Morgan fingerprint density at radius 2 is 0.606 bits per heavy atom. The minimum atomic E-state index is -7.16. The summed E-state index contributed by atoms with van der Waals surface area (Å²) in [7, 11) is 0. The molecule has 0 aromatic heterocycles. The van der Waals surface area contributed by atoms with E-state index in [0.717, 1.165) is 0 Å². The number of hydrogen-bond acceptors (Lipinski definition) is 1. The van der Waals surface area contributed by atoms with Gasteiger partial charge >= 0.3 is 47.9 Å². The van der Waals surface area contributed by atoms with Crippen molar-refractivity contribution in [3.8, 4) is 0 Å². The first-order valence-corrected chi connectivity index (χ1v) is 7.54. The van der Waals surface area contributed by atoms with Crippen molar-refractivity contribution in [1.29, 1.82) is 0 Å². The van der Waals surface area contributed by atoms with E-state index in [1.807, 2.05) is 0 Å². The molecule has 0 radical (unpaired) electrons. The molecule has 0 aliphatic carbocycles. The Bertz CT molecular complexity index is 616. The Hall–Kier alpha value is -1.82. The van der Waals surface area contributed by atoms with Gasteiger partial charge < -0.3 is 4.74 Å². The summed E-state index contributed by atoms with van der Waals surface area (Å²) >= 11 is 0. The molecule has 0 N–H and O–H groups in total. The van der Waals surface area contributed by atoms with E-state index in [2.05, 4.69) is 4.74 Å². The van der Waals surface area contributed by atoms with Crippen LogP contribution in [0.4, 0.5) is 79.0 Å². The summed E-state index contributed by atoms with van der Waals surface area (Å²) in [5.74, 6) is -12.6. The van der Waals surface area contributed by atoms with E-state index in [9.17, 15) is 79.0 Å². The van der Waals surface area contributed by atoms with E-state index in [4.69, 9.17) is 0 Å². The lowest BCUT2D eigenvalue weighted by Crippen LogP contribution is -2.63. The van der Waals surface area contributed by atoms with Gasteiger partial charge in [0, 0.05) is 0 Å². The monoisotopic (exact) mass is 534 g/mol. The van der Waals surface area contributed by atoms with E-state index >= 15 is 0 Å². The Morgan fingerprint density at radius 3 is 0.788 bits per heavy atom. The van der Waals surface area contributed by atoms with Gasteiger partial charge in [-0.2, -0.15) is 70.2 Å². The number of allylic oxidation sites excluding steroid dienone is 2. The maximum atomic E-state index is 13.2. The molecule has 0 aromatic carbocycles. The average Bonchev–Trinajstić information content (AvgIpc) is 2.54. The highest BCUT2D eigenvalue weighted by molar-refractivity contribution is 5.15. The molecule has 0 saturated heterocycles. The third-order valence-electron chi connectivity index (χ3n) is 3.56. The van der Waals surface area contributed by atoms with Gasteiger partial charge in [0.1, 0.15) is 0 Å². The fourth-order valence-corrected chi connectivity index (χ4v) is 1.90. The van der Waals surface area contributed by atoms with Crippen LogP contribution >= 0.6 is 0 Å². The predicted octanol–water partition coefficient (Wildman–Crippen LogP) is 7.05. The molecular weight excluding hydrogens is 526 g/mol. The van der Waals surface area contributed by atoms with Crippen LogP contribution in [0.3, 0.4) is 0 Å². The zero-order chi connectivity index (χ0) is 26.9. The van der Waals surface area contributed by atoms with Crippen LogP contribution in [0.15, 0.2) is 24.3 Å². The van der Waals surface area contributed by atoms with Crippen LogP contribution in [0, 0.1) is 0 Å². The third kappa shape index (κ3) is 5.82. The average molecular weight is 534 g/mol. The zero-order valence-corrected chi connectivity index (χ0v) is 14.9. The second-order valence-corrected chi connectivity index (χ2v) is 5.90. The Morgan fingerprint density at radius 1 is 0.394 bits per heavy atom. The van der Waals surface area contributed by atoms with E-state index in [1.165, 1.54) is 0 Å². The van der Waals surface area contributed by atoms with Crippen molar-refractivity contribution in [2.24, 2.45) is 0 Å². The molecule has 0 spiro atoms. The van der Waals surface area contributed by atoms with Gasteiger partial charge in [0.2, 0.25) is 0 Å². The van der Waals surface area contributed by atoms with Crippen molar-refractivity contribution >= 4 is 0 Å². The number of alkyl halides is 18. The van der Waals surface area contributed by atoms with Crippen LogP contribution < -0.4 is 0 Å². The summed E-state index contributed by atoms with van der Waals surface area (Å²) in [6, 6.07) is 0. The molecule has 0 rings (SSSR count). The molecule has 0 heterocycles. The van der Waals surface area contributed by atoms with Gasteiger partial charge in [-0.15, -0.1) is 0 Å². The molecule has 0 unspecified atom stereocenters. The van der Waals surface area contributed by atoms with Crippen molar-refractivity contribution in [1.82, 2.24) is 0 Å².